The molecule has 2 aromatic carbocycles. The number of unbranched alkanes of at least 4 members (excludes halogenated alkanes) is 14. The van der Waals surface area contributed by atoms with E-state index in [-0.39, 0.29) is 0 Å². The van der Waals surface area contributed by atoms with E-state index in [1.807, 2.05) is 0 Å². The largest absolute Gasteiger partial charge is 0.497 e. The molecule has 0 aromatic heterocycles. The zero-order valence-corrected chi connectivity index (χ0v) is 34.8. The van der Waals surface area contributed by atoms with Crippen LogP contribution in [-0.4, -0.2) is 51.0 Å². The van der Waals surface area contributed by atoms with E-state index in [0.29, 0.717) is 0 Å². The Morgan fingerprint density at radius 2 is 0.660 bits per heavy atom. The molecule has 0 aliphatic rings. The number of quaternary nitrogens is 1. The molecule has 0 fully saturated rings. The molecule has 0 saturated heterocycles. The molecule has 0 heterocycles. The normalized spacial score (nSPS) is 11.7. The predicted molar refractivity (Wildman–Crippen MR) is 227 cm³/mol. The molecule has 0 amide bonds. The van der Waals surface area contributed by atoms with Crippen molar-refractivity contribution in [1.82, 2.24) is 0 Å². The topological polar surface area (TPSA) is 18.5 Å². The Balaban J connectivity index is 0.000000621. The van der Waals surface area contributed by atoms with E-state index >= 15 is 0 Å². The van der Waals surface area contributed by atoms with Gasteiger partial charge in [-0.1, -0.05) is 169 Å². The van der Waals surface area contributed by atoms with Crippen LogP contribution in [0.25, 0.3) is 0 Å². The Morgan fingerprint density at radius 3 is 0.940 bits per heavy atom. The third-order valence-electron chi connectivity index (χ3n) is 11.6. The molecule has 0 unspecified atom stereocenters. The van der Waals surface area contributed by atoms with E-state index in [2.05, 4.69) is 90.1 Å². The van der Waals surface area contributed by atoms with E-state index in [1.54, 1.807) is 14.2 Å². The van der Waals surface area contributed by atoms with Crippen molar-refractivity contribution in [2.75, 3.05) is 40.4 Å². The average Bonchev–Trinajstić information content (AvgIpc) is 3.16. The SMILES string of the molecule is CCCCCCCC[B-](CCCCCCCC)(c1ccc(OC)cc1)c1ccc(OC)cc1.CCCC[N+](CCCC)(CCCC)CCCC. The van der Waals surface area contributed by atoms with Gasteiger partial charge in [-0.3, -0.25) is 0 Å². The second-order valence-corrected chi connectivity index (χ2v) is 15.6. The molecule has 0 spiro atoms. The van der Waals surface area contributed by atoms with E-state index in [0.717, 1.165) is 11.5 Å². The second-order valence-electron chi connectivity index (χ2n) is 15.6. The van der Waals surface area contributed by atoms with Crippen molar-refractivity contribution in [3.05, 3.63) is 48.5 Å². The zero-order chi connectivity index (χ0) is 36.8. The van der Waals surface area contributed by atoms with Gasteiger partial charge in [0, 0.05) is 0 Å². The molecule has 3 nitrogen and oxygen atoms in total. The number of hydrogen-bond acceptors (Lipinski definition) is 2. The molecule has 0 atom stereocenters. The van der Waals surface area contributed by atoms with Crippen LogP contribution in [0.15, 0.2) is 48.5 Å². The third kappa shape index (κ3) is 18.0. The van der Waals surface area contributed by atoms with E-state index < -0.39 is 6.15 Å². The lowest BCUT2D eigenvalue weighted by Crippen LogP contribution is -2.58. The Bertz CT molecular complexity index is 918. The van der Waals surface area contributed by atoms with Crippen LogP contribution >= 0.6 is 0 Å². The van der Waals surface area contributed by atoms with E-state index in [9.17, 15) is 0 Å². The minimum absolute atomic E-state index is 0.813. The van der Waals surface area contributed by atoms with Gasteiger partial charge in [-0.2, -0.15) is 12.6 Å². The van der Waals surface area contributed by atoms with Crippen LogP contribution in [0.5, 0.6) is 11.5 Å². The molecule has 0 aliphatic heterocycles. The van der Waals surface area contributed by atoms with Gasteiger partial charge in [0.1, 0.15) is 11.5 Å². The molecular weight excluding hydrogens is 609 g/mol. The molecule has 4 heteroatoms. The standard InChI is InChI=1S/C30H48BO2.C16H36N/c1-5-7-9-11-13-15-25-31(26-16-14-12-10-8-6-2,27-17-21-29(32-3)22-18-27)28-19-23-30(33-4)24-20-28;1-5-9-13-17(14-10-6-2,15-11-7-3)16-12-8-4/h17-24H,5-16,25-26H2,1-4H3;5-16H2,1-4H3/q-1;+1. The number of ether oxygens (including phenoxy) is 2. The second kappa shape index (κ2) is 29.6. The van der Waals surface area contributed by atoms with Crippen LogP contribution in [0.4, 0.5) is 0 Å². The highest BCUT2D eigenvalue weighted by molar-refractivity contribution is 7.02. The average molecular weight is 694 g/mol. The van der Waals surface area contributed by atoms with E-state index in [4.69, 9.17) is 9.47 Å². The van der Waals surface area contributed by atoms with Crippen LogP contribution in [0, 0.1) is 0 Å². The zero-order valence-electron chi connectivity index (χ0n) is 34.8. The maximum Gasteiger partial charge on any atom is 0.118 e. The van der Waals surface area contributed by atoms with Gasteiger partial charge in [0.2, 0.25) is 0 Å². The number of methoxy groups -OCH3 is 2. The molecule has 0 N–H and O–H groups in total. The van der Waals surface area contributed by atoms with Crippen molar-refractivity contribution in [3.8, 4) is 11.5 Å². The quantitative estimate of drug-likeness (QED) is 0.0461. The van der Waals surface area contributed by atoms with Crippen LogP contribution in [-0.2, 0) is 0 Å². The lowest BCUT2D eigenvalue weighted by molar-refractivity contribution is -0.929. The Hall–Kier alpha value is -1.94. The first-order valence-electron chi connectivity index (χ1n) is 21.8. The molecule has 0 aliphatic carbocycles. The van der Waals surface area contributed by atoms with Gasteiger partial charge in [-0.25, -0.2) is 10.9 Å². The fourth-order valence-corrected chi connectivity index (χ4v) is 8.14. The van der Waals surface area contributed by atoms with Gasteiger partial charge in [-0.05, 0) is 49.9 Å². The summed E-state index contributed by atoms with van der Waals surface area (Å²) < 4.78 is 12.4. The highest BCUT2D eigenvalue weighted by Crippen LogP contribution is 2.26. The fourth-order valence-electron chi connectivity index (χ4n) is 8.14. The number of hydrogen-bond donors (Lipinski definition) is 0. The Labute approximate surface area is 313 Å². The summed E-state index contributed by atoms with van der Waals surface area (Å²) in [5, 5.41) is 0. The predicted octanol–water partition coefficient (Wildman–Crippen LogP) is 13.0. The fraction of sp³-hybridized carbons (Fsp3) is 0.739. The lowest BCUT2D eigenvalue weighted by Gasteiger charge is -2.42. The van der Waals surface area contributed by atoms with Crippen molar-refractivity contribution in [1.29, 1.82) is 0 Å². The summed E-state index contributed by atoms with van der Waals surface area (Å²) in [7, 11) is 3.51. The molecular formula is C46H84BNO2. The molecule has 50 heavy (non-hydrogen) atoms. The van der Waals surface area contributed by atoms with Gasteiger partial charge in [-0.15, -0.1) is 0 Å². The molecule has 2 rings (SSSR count). The summed E-state index contributed by atoms with van der Waals surface area (Å²) in [6.45, 7) is 19.6. The van der Waals surface area contributed by atoms with Gasteiger partial charge in [0.15, 0.2) is 0 Å². The minimum Gasteiger partial charge on any atom is -0.497 e. The highest BCUT2D eigenvalue weighted by atomic mass is 16.5. The maximum atomic E-state index is 5.48. The summed E-state index contributed by atoms with van der Waals surface area (Å²) in [5.41, 5.74) is 2.98. The summed E-state index contributed by atoms with van der Waals surface area (Å²) >= 11 is 0. The maximum absolute atomic E-state index is 5.48. The summed E-state index contributed by atoms with van der Waals surface area (Å²) in [5.74, 6) is 1.88. The summed E-state index contributed by atoms with van der Waals surface area (Å²) in [6.07, 6.45) is 28.9. The Morgan fingerprint density at radius 1 is 0.380 bits per heavy atom. The van der Waals surface area contributed by atoms with Crippen LogP contribution < -0.4 is 20.4 Å². The molecule has 0 bridgehead atoms. The van der Waals surface area contributed by atoms with Gasteiger partial charge in [0.25, 0.3) is 0 Å². The monoisotopic (exact) mass is 694 g/mol. The van der Waals surface area contributed by atoms with Crippen molar-refractivity contribution in [3.63, 3.8) is 0 Å². The summed E-state index contributed by atoms with van der Waals surface area (Å²) in [4.78, 5) is 0. The number of rotatable bonds is 30. The summed E-state index contributed by atoms with van der Waals surface area (Å²) in [6, 6.07) is 17.9. The lowest BCUT2D eigenvalue weighted by atomic mass is 9.15. The Kier molecular flexibility index (Phi) is 27.3. The minimum atomic E-state index is -0.813. The van der Waals surface area contributed by atoms with Crippen LogP contribution in [0.1, 0.15) is 170 Å². The first kappa shape index (κ1) is 46.1. The van der Waals surface area contributed by atoms with Crippen LogP contribution in [0.3, 0.4) is 0 Å². The van der Waals surface area contributed by atoms with Crippen LogP contribution in [0.2, 0.25) is 12.6 Å². The third-order valence-corrected chi connectivity index (χ3v) is 11.6. The number of nitrogens with zero attached hydrogens (tertiary/aromatic N) is 1. The number of benzene rings is 2. The first-order chi connectivity index (χ1) is 24.4. The first-order valence-corrected chi connectivity index (χ1v) is 21.8. The molecule has 288 valence electrons. The smallest absolute Gasteiger partial charge is 0.118 e. The van der Waals surface area contributed by atoms with E-state index in [1.165, 1.54) is 183 Å². The van der Waals surface area contributed by atoms with Gasteiger partial charge in [0.05, 0.1) is 46.5 Å². The van der Waals surface area contributed by atoms with Crippen molar-refractivity contribution < 1.29 is 14.0 Å². The van der Waals surface area contributed by atoms with Gasteiger partial charge < -0.3 is 14.0 Å². The highest BCUT2D eigenvalue weighted by Gasteiger charge is 2.28. The van der Waals surface area contributed by atoms with Crippen molar-refractivity contribution in [2.24, 2.45) is 0 Å². The van der Waals surface area contributed by atoms with Crippen molar-refractivity contribution in [2.45, 2.75) is 183 Å². The van der Waals surface area contributed by atoms with Crippen molar-refractivity contribution >= 4 is 17.1 Å². The van der Waals surface area contributed by atoms with Gasteiger partial charge >= 0.3 is 0 Å². The molecule has 0 saturated carbocycles. The molecule has 0 radical (unpaired) electrons. The molecule has 2 aromatic rings.